The number of carbonyl (C=O) groups excluding carboxylic acids is 1. The molecule has 1 aliphatic heterocycles. The summed E-state index contributed by atoms with van der Waals surface area (Å²) in [7, 11) is -3.55. The van der Waals surface area contributed by atoms with Gasteiger partial charge in [-0.3, -0.25) is 4.79 Å². The molecule has 5 nitrogen and oxygen atoms in total. The minimum absolute atomic E-state index is 0.234. The topological polar surface area (TPSA) is 57.7 Å². The first-order valence-corrected chi connectivity index (χ1v) is 10.2. The zero-order chi connectivity index (χ0) is 18.2. The number of aryl methyl sites for hydroxylation is 2. The fourth-order valence-electron chi connectivity index (χ4n) is 2.94. The van der Waals surface area contributed by atoms with E-state index in [9.17, 15) is 17.6 Å². The largest absolute Gasteiger partial charge is 0.336 e. The lowest BCUT2D eigenvalue weighted by Crippen LogP contribution is -2.50. The molecule has 1 aromatic heterocycles. The Morgan fingerprint density at radius 3 is 2.36 bits per heavy atom. The fourth-order valence-corrected chi connectivity index (χ4v) is 5.88. The van der Waals surface area contributed by atoms with Crippen molar-refractivity contribution >= 4 is 27.3 Å². The molecule has 2 heterocycles. The standard InChI is InChI=1S/C17H19FN2O3S2/c1-12-10-16(13(2)24-12)25(22,23)20-8-6-19(7-9-20)17(21)14-4-3-5-15(18)11-14/h3-5,10-11H,6-9H2,1-2H3. The van der Waals surface area contributed by atoms with E-state index in [-0.39, 0.29) is 37.6 Å². The van der Waals surface area contributed by atoms with Crippen LogP contribution in [-0.2, 0) is 10.0 Å². The number of hydrogen-bond acceptors (Lipinski definition) is 4. The van der Waals surface area contributed by atoms with Crippen LogP contribution in [-0.4, -0.2) is 49.7 Å². The van der Waals surface area contributed by atoms with Crippen LogP contribution < -0.4 is 0 Å². The average Bonchev–Trinajstić information content (AvgIpc) is 2.93. The van der Waals surface area contributed by atoms with E-state index in [4.69, 9.17) is 0 Å². The van der Waals surface area contributed by atoms with E-state index >= 15 is 0 Å². The van der Waals surface area contributed by atoms with Crippen LogP contribution in [0, 0.1) is 19.7 Å². The molecule has 0 unspecified atom stereocenters. The molecule has 134 valence electrons. The summed E-state index contributed by atoms with van der Waals surface area (Å²) in [4.78, 5) is 16.1. The molecule has 0 spiro atoms. The zero-order valence-electron chi connectivity index (χ0n) is 14.0. The first kappa shape index (κ1) is 18.0. The third-order valence-electron chi connectivity index (χ3n) is 4.21. The monoisotopic (exact) mass is 382 g/mol. The number of hydrogen-bond donors (Lipinski definition) is 0. The molecule has 1 amide bonds. The first-order chi connectivity index (χ1) is 11.8. The number of sulfonamides is 1. The number of rotatable bonds is 3. The lowest BCUT2D eigenvalue weighted by molar-refractivity contribution is 0.0697. The zero-order valence-corrected chi connectivity index (χ0v) is 15.7. The van der Waals surface area contributed by atoms with E-state index in [2.05, 4.69) is 0 Å². The predicted octanol–water partition coefficient (Wildman–Crippen LogP) is 2.65. The molecular weight excluding hydrogens is 363 g/mol. The van der Waals surface area contributed by atoms with Gasteiger partial charge in [-0.25, -0.2) is 12.8 Å². The molecular formula is C17H19FN2O3S2. The lowest BCUT2D eigenvalue weighted by atomic mass is 10.2. The second kappa shape index (κ2) is 6.86. The van der Waals surface area contributed by atoms with Crippen molar-refractivity contribution < 1.29 is 17.6 Å². The Bertz CT molecular complexity index is 900. The molecule has 1 fully saturated rings. The van der Waals surface area contributed by atoms with E-state index in [0.717, 1.165) is 9.75 Å². The highest BCUT2D eigenvalue weighted by Gasteiger charge is 2.32. The second-order valence-corrected chi connectivity index (χ2v) is 9.35. The van der Waals surface area contributed by atoms with E-state index in [0.29, 0.717) is 4.90 Å². The average molecular weight is 382 g/mol. The van der Waals surface area contributed by atoms with Crippen molar-refractivity contribution in [3.05, 3.63) is 51.5 Å². The fraction of sp³-hybridized carbons (Fsp3) is 0.353. The van der Waals surface area contributed by atoms with Gasteiger partial charge in [-0.05, 0) is 38.1 Å². The molecule has 0 bridgehead atoms. The maximum absolute atomic E-state index is 13.3. The van der Waals surface area contributed by atoms with Crippen molar-refractivity contribution in [1.29, 1.82) is 0 Å². The van der Waals surface area contributed by atoms with Crippen LogP contribution in [0.2, 0.25) is 0 Å². The van der Waals surface area contributed by atoms with Gasteiger partial charge in [-0.2, -0.15) is 4.31 Å². The van der Waals surface area contributed by atoms with E-state index in [1.807, 2.05) is 6.92 Å². The number of piperazine rings is 1. The smallest absolute Gasteiger partial charge is 0.254 e. The third-order valence-corrected chi connectivity index (χ3v) is 7.33. The Morgan fingerprint density at radius 2 is 1.80 bits per heavy atom. The number of halogens is 1. The predicted molar refractivity (Wildman–Crippen MR) is 94.9 cm³/mol. The van der Waals surface area contributed by atoms with Crippen LogP contribution in [0.3, 0.4) is 0 Å². The molecule has 0 N–H and O–H groups in total. The normalized spacial score (nSPS) is 16.2. The summed E-state index contributed by atoms with van der Waals surface area (Å²) in [6, 6.07) is 7.23. The first-order valence-electron chi connectivity index (χ1n) is 7.91. The van der Waals surface area contributed by atoms with Crippen molar-refractivity contribution in [3.63, 3.8) is 0 Å². The van der Waals surface area contributed by atoms with Crippen LogP contribution in [0.5, 0.6) is 0 Å². The second-order valence-electron chi connectivity index (χ2n) is 5.98. The van der Waals surface area contributed by atoms with Gasteiger partial charge in [-0.1, -0.05) is 6.07 Å². The highest BCUT2D eigenvalue weighted by Crippen LogP contribution is 2.28. The number of benzene rings is 1. The SMILES string of the molecule is Cc1cc(S(=O)(=O)N2CCN(C(=O)c3cccc(F)c3)CC2)c(C)s1. The Labute approximate surface area is 150 Å². The molecule has 0 saturated carbocycles. The van der Waals surface area contributed by atoms with Gasteiger partial charge in [0.2, 0.25) is 10.0 Å². The summed E-state index contributed by atoms with van der Waals surface area (Å²) in [6.45, 7) is 4.73. The number of carbonyl (C=O) groups is 1. The van der Waals surface area contributed by atoms with Crippen molar-refractivity contribution in [1.82, 2.24) is 9.21 Å². The summed E-state index contributed by atoms with van der Waals surface area (Å²) >= 11 is 1.46. The number of thiophene rings is 1. The quantitative estimate of drug-likeness (QED) is 0.820. The summed E-state index contributed by atoms with van der Waals surface area (Å²) in [6.07, 6.45) is 0. The lowest BCUT2D eigenvalue weighted by Gasteiger charge is -2.34. The van der Waals surface area contributed by atoms with Gasteiger partial charge >= 0.3 is 0 Å². The van der Waals surface area contributed by atoms with Gasteiger partial charge in [0, 0.05) is 41.5 Å². The maximum atomic E-state index is 13.3. The van der Waals surface area contributed by atoms with Crippen LogP contribution in [0.1, 0.15) is 20.1 Å². The Hall–Kier alpha value is -1.77. The molecule has 8 heteroatoms. The maximum Gasteiger partial charge on any atom is 0.254 e. The molecule has 0 atom stereocenters. The van der Waals surface area contributed by atoms with Crippen molar-refractivity contribution in [2.75, 3.05) is 26.2 Å². The Morgan fingerprint density at radius 1 is 1.12 bits per heavy atom. The summed E-state index contributed by atoms with van der Waals surface area (Å²) in [5, 5.41) is 0. The minimum atomic E-state index is -3.55. The van der Waals surface area contributed by atoms with Crippen LogP contribution in [0.4, 0.5) is 4.39 Å². The Kier molecular flexibility index (Phi) is 4.95. The number of nitrogens with zero attached hydrogens (tertiary/aromatic N) is 2. The van der Waals surface area contributed by atoms with Gasteiger partial charge < -0.3 is 4.90 Å². The van der Waals surface area contributed by atoms with Crippen LogP contribution in [0.15, 0.2) is 35.2 Å². The Balaban J connectivity index is 1.71. The molecule has 1 aromatic carbocycles. The summed E-state index contributed by atoms with van der Waals surface area (Å²) in [5.41, 5.74) is 0.278. The summed E-state index contributed by atoms with van der Waals surface area (Å²) in [5.74, 6) is -0.741. The summed E-state index contributed by atoms with van der Waals surface area (Å²) < 4.78 is 40.3. The molecule has 1 saturated heterocycles. The molecule has 3 rings (SSSR count). The van der Waals surface area contributed by atoms with Crippen molar-refractivity contribution in [2.24, 2.45) is 0 Å². The van der Waals surface area contributed by atoms with Gasteiger partial charge in [0.05, 0.1) is 4.90 Å². The molecule has 0 radical (unpaired) electrons. The highest BCUT2D eigenvalue weighted by molar-refractivity contribution is 7.89. The third kappa shape index (κ3) is 3.61. The van der Waals surface area contributed by atoms with E-state index in [1.165, 1.54) is 33.8 Å². The van der Waals surface area contributed by atoms with Crippen molar-refractivity contribution in [3.8, 4) is 0 Å². The van der Waals surface area contributed by atoms with Gasteiger partial charge in [0.15, 0.2) is 0 Å². The van der Waals surface area contributed by atoms with Crippen molar-refractivity contribution in [2.45, 2.75) is 18.7 Å². The molecule has 0 aliphatic carbocycles. The van der Waals surface area contributed by atoms with E-state index < -0.39 is 15.8 Å². The van der Waals surface area contributed by atoms with E-state index in [1.54, 1.807) is 24.0 Å². The van der Waals surface area contributed by atoms with Gasteiger partial charge in [0.25, 0.3) is 5.91 Å². The molecule has 2 aromatic rings. The van der Waals surface area contributed by atoms with Gasteiger partial charge in [-0.15, -0.1) is 11.3 Å². The molecule has 25 heavy (non-hydrogen) atoms. The van der Waals surface area contributed by atoms with Gasteiger partial charge in [0.1, 0.15) is 5.82 Å². The number of amides is 1. The molecule has 1 aliphatic rings. The highest BCUT2D eigenvalue weighted by atomic mass is 32.2. The minimum Gasteiger partial charge on any atom is -0.336 e. The van der Waals surface area contributed by atoms with Crippen LogP contribution in [0.25, 0.3) is 0 Å². The van der Waals surface area contributed by atoms with Crippen LogP contribution >= 0.6 is 11.3 Å².